The van der Waals surface area contributed by atoms with Crippen LogP contribution in [0.4, 0.5) is 18.3 Å². The van der Waals surface area contributed by atoms with Crippen LogP contribution in [0.2, 0.25) is 0 Å². The predicted molar refractivity (Wildman–Crippen MR) is 119 cm³/mol. The minimum absolute atomic E-state index is 0.00794. The lowest BCUT2D eigenvalue weighted by Gasteiger charge is -2.27. The number of nitrogens with one attached hydrogen (secondary N) is 2. The summed E-state index contributed by atoms with van der Waals surface area (Å²) >= 11 is 1.11. The van der Waals surface area contributed by atoms with E-state index in [9.17, 15) is 32.7 Å². The number of H-pyrrole nitrogens is 1. The summed E-state index contributed by atoms with van der Waals surface area (Å²) in [6.45, 7) is 4.67. The van der Waals surface area contributed by atoms with E-state index in [4.69, 9.17) is 0 Å². The fraction of sp³-hybridized carbons (Fsp3) is 0.364. The van der Waals surface area contributed by atoms with Crippen molar-refractivity contribution in [1.29, 1.82) is 0 Å². The number of benzene rings is 1. The first-order valence-electron chi connectivity index (χ1n) is 10.1. The molecule has 3 rings (SSSR count). The molecule has 11 heteroatoms. The number of pyridine rings is 1. The molecular weight excluding hydrogens is 459 g/mol. The van der Waals surface area contributed by atoms with E-state index in [1.54, 1.807) is 12.3 Å². The molecular formula is C22H22F3N3O4S. The summed E-state index contributed by atoms with van der Waals surface area (Å²) in [7, 11) is 0. The summed E-state index contributed by atoms with van der Waals surface area (Å²) in [5.41, 5.74) is -4.00. The lowest BCUT2D eigenvalue weighted by molar-refractivity contribution is -0.147. The number of aromatic amines is 1. The Morgan fingerprint density at radius 3 is 2.52 bits per heavy atom. The maximum atomic E-state index is 13.7. The summed E-state index contributed by atoms with van der Waals surface area (Å²) in [6, 6.07) is 3.17. The van der Waals surface area contributed by atoms with Gasteiger partial charge in [-0.05, 0) is 38.8 Å². The molecule has 176 valence electrons. The van der Waals surface area contributed by atoms with Crippen LogP contribution in [0.25, 0.3) is 10.9 Å². The molecule has 2 heterocycles. The number of anilines is 1. The summed E-state index contributed by atoms with van der Waals surface area (Å²) in [4.78, 5) is 44.8. The molecule has 0 saturated heterocycles. The highest BCUT2D eigenvalue weighted by Gasteiger charge is 2.36. The molecule has 2 aromatic heterocycles. The second-order valence-corrected chi connectivity index (χ2v) is 9.15. The number of fused-ring (bicyclic) bond motifs is 1. The number of amides is 1. The molecule has 0 aliphatic carbocycles. The highest BCUT2D eigenvalue weighted by molar-refractivity contribution is 7.13. The van der Waals surface area contributed by atoms with Crippen LogP contribution < -0.4 is 10.7 Å². The van der Waals surface area contributed by atoms with Crippen LogP contribution in [-0.4, -0.2) is 27.0 Å². The van der Waals surface area contributed by atoms with Crippen LogP contribution in [0.3, 0.4) is 0 Å². The molecule has 0 bridgehead atoms. The van der Waals surface area contributed by atoms with Crippen LogP contribution in [0.5, 0.6) is 0 Å². The van der Waals surface area contributed by atoms with Crippen LogP contribution in [0.15, 0.2) is 34.6 Å². The van der Waals surface area contributed by atoms with E-state index in [0.29, 0.717) is 0 Å². The van der Waals surface area contributed by atoms with Crippen molar-refractivity contribution < 1.29 is 27.9 Å². The molecule has 1 aromatic carbocycles. The van der Waals surface area contributed by atoms with Crippen LogP contribution >= 0.6 is 11.3 Å². The minimum atomic E-state index is -4.74. The third kappa shape index (κ3) is 4.92. The molecule has 1 atom stereocenters. The first-order valence-corrected chi connectivity index (χ1v) is 10.9. The normalized spacial score (nSPS) is 13.2. The lowest BCUT2D eigenvalue weighted by atomic mass is 9.79. The lowest BCUT2D eigenvalue weighted by Crippen LogP contribution is -2.30. The van der Waals surface area contributed by atoms with Gasteiger partial charge in [-0.15, -0.1) is 11.3 Å². The average Bonchev–Trinajstić information content (AvgIpc) is 3.23. The molecule has 0 spiro atoms. The highest BCUT2D eigenvalue weighted by atomic mass is 32.1. The fourth-order valence-electron chi connectivity index (χ4n) is 3.70. The highest BCUT2D eigenvalue weighted by Crippen LogP contribution is 2.37. The van der Waals surface area contributed by atoms with Gasteiger partial charge in [0.25, 0.3) is 5.91 Å². The van der Waals surface area contributed by atoms with Crippen molar-refractivity contribution >= 4 is 39.2 Å². The van der Waals surface area contributed by atoms with Crippen LogP contribution in [0, 0.1) is 5.41 Å². The van der Waals surface area contributed by atoms with Crippen LogP contribution in [0.1, 0.15) is 61.1 Å². The molecule has 33 heavy (non-hydrogen) atoms. The monoisotopic (exact) mass is 481 g/mol. The average molecular weight is 481 g/mol. The van der Waals surface area contributed by atoms with Crippen molar-refractivity contribution in [3.63, 3.8) is 0 Å². The van der Waals surface area contributed by atoms with Gasteiger partial charge >= 0.3 is 12.1 Å². The van der Waals surface area contributed by atoms with Gasteiger partial charge in [0.2, 0.25) is 5.43 Å². The van der Waals surface area contributed by atoms with E-state index in [-0.39, 0.29) is 34.6 Å². The minimum Gasteiger partial charge on any atom is -0.481 e. The second-order valence-electron chi connectivity index (χ2n) is 8.26. The van der Waals surface area contributed by atoms with E-state index in [1.165, 1.54) is 26.1 Å². The zero-order valence-corrected chi connectivity index (χ0v) is 18.9. The SMILES string of the molecule is CCC(CC(C)(C)C(=O)O)c1[nH]c2c(C(F)(F)F)cccc2c(=O)c1C(=O)Nc1nccs1. The second kappa shape index (κ2) is 8.97. The third-order valence-electron chi connectivity index (χ3n) is 5.49. The van der Waals surface area contributed by atoms with Crippen molar-refractivity contribution in [1.82, 2.24) is 9.97 Å². The van der Waals surface area contributed by atoms with Crippen molar-refractivity contribution in [3.05, 3.63) is 56.8 Å². The molecule has 3 aromatic rings. The molecule has 0 saturated carbocycles. The fourth-order valence-corrected chi connectivity index (χ4v) is 4.22. The van der Waals surface area contributed by atoms with E-state index in [2.05, 4.69) is 15.3 Å². The number of carbonyl (C=O) groups is 2. The number of halogens is 3. The molecule has 7 nitrogen and oxygen atoms in total. The zero-order chi connectivity index (χ0) is 24.6. The number of hydrogen-bond acceptors (Lipinski definition) is 5. The number of para-hydroxylation sites is 1. The van der Waals surface area contributed by atoms with Gasteiger partial charge in [0.05, 0.1) is 16.5 Å². The van der Waals surface area contributed by atoms with Gasteiger partial charge in [0.1, 0.15) is 5.56 Å². The summed E-state index contributed by atoms with van der Waals surface area (Å²) < 4.78 is 41.0. The smallest absolute Gasteiger partial charge is 0.418 e. The quantitative estimate of drug-likeness (QED) is 0.427. The van der Waals surface area contributed by atoms with Gasteiger partial charge in [-0.1, -0.05) is 13.0 Å². The summed E-state index contributed by atoms with van der Waals surface area (Å²) in [5.74, 6) is -2.63. The van der Waals surface area contributed by atoms with Crippen LogP contribution in [-0.2, 0) is 11.0 Å². The van der Waals surface area contributed by atoms with E-state index < -0.39 is 45.9 Å². The largest absolute Gasteiger partial charge is 0.481 e. The first kappa shape index (κ1) is 24.4. The number of thiazole rings is 1. The van der Waals surface area contributed by atoms with Gasteiger partial charge in [-0.2, -0.15) is 13.2 Å². The Hall–Kier alpha value is -3.21. The number of carboxylic acid groups (broad SMARTS) is 1. The van der Waals surface area contributed by atoms with Crippen molar-refractivity contribution in [2.75, 3.05) is 5.32 Å². The van der Waals surface area contributed by atoms with Gasteiger partial charge in [-0.3, -0.25) is 19.7 Å². The number of carboxylic acids is 1. The summed E-state index contributed by atoms with van der Waals surface area (Å²) in [6.07, 6.45) is -3.02. The van der Waals surface area contributed by atoms with Gasteiger partial charge in [0, 0.05) is 28.6 Å². The Kier molecular flexibility index (Phi) is 6.64. The standard InChI is InChI=1S/C22H22F3N3O4S/c1-4-11(10-21(2,3)19(31)32)15-14(18(30)28-20-26-8-9-33-20)17(29)12-6-5-7-13(16(12)27-15)22(23,24)25/h5-9,11H,4,10H2,1-3H3,(H,27,29)(H,31,32)(H,26,28,30). The van der Waals surface area contributed by atoms with Gasteiger partial charge in [0.15, 0.2) is 5.13 Å². The Balaban J connectivity index is 2.30. The molecule has 1 unspecified atom stereocenters. The number of hydrogen-bond donors (Lipinski definition) is 3. The molecule has 1 amide bonds. The van der Waals surface area contributed by atoms with Gasteiger partial charge in [-0.25, -0.2) is 4.98 Å². The topological polar surface area (TPSA) is 112 Å². The number of aromatic nitrogens is 2. The number of rotatable bonds is 7. The Morgan fingerprint density at radius 1 is 1.27 bits per heavy atom. The molecule has 0 fully saturated rings. The number of alkyl halides is 3. The van der Waals surface area contributed by atoms with Gasteiger partial charge < -0.3 is 10.1 Å². The maximum absolute atomic E-state index is 13.7. The maximum Gasteiger partial charge on any atom is 0.418 e. The third-order valence-corrected chi connectivity index (χ3v) is 6.18. The molecule has 0 radical (unpaired) electrons. The molecule has 0 aliphatic heterocycles. The number of aliphatic carboxylic acids is 1. The zero-order valence-electron chi connectivity index (χ0n) is 18.0. The molecule has 3 N–H and O–H groups in total. The Morgan fingerprint density at radius 2 is 1.97 bits per heavy atom. The first-order chi connectivity index (χ1) is 15.4. The van der Waals surface area contributed by atoms with E-state index >= 15 is 0 Å². The van der Waals surface area contributed by atoms with Crippen molar-refractivity contribution in [2.24, 2.45) is 5.41 Å². The van der Waals surface area contributed by atoms with Crippen molar-refractivity contribution in [3.8, 4) is 0 Å². The Bertz CT molecular complexity index is 1250. The van der Waals surface area contributed by atoms with E-state index in [1.807, 2.05) is 0 Å². The van der Waals surface area contributed by atoms with E-state index in [0.717, 1.165) is 23.5 Å². The predicted octanol–water partition coefficient (Wildman–Crippen LogP) is 5.25. The summed E-state index contributed by atoms with van der Waals surface area (Å²) in [5, 5.41) is 13.6. The molecule has 0 aliphatic rings. The van der Waals surface area contributed by atoms with Crippen molar-refractivity contribution in [2.45, 2.75) is 45.7 Å². The Labute approximate surface area is 190 Å². The number of carbonyl (C=O) groups excluding carboxylic acids is 1. The number of nitrogens with zero attached hydrogens (tertiary/aromatic N) is 1.